The lowest BCUT2D eigenvalue weighted by molar-refractivity contribution is 0.0679. The quantitative estimate of drug-likeness (QED) is 0.379. The molecule has 0 amide bonds. The van der Waals surface area contributed by atoms with E-state index in [9.17, 15) is 9.50 Å². The summed E-state index contributed by atoms with van der Waals surface area (Å²) in [5.41, 5.74) is 8.29. The molecule has 0 fully saturated rings. The van der Waals surface area contributed by atoms with Gasteiger partial charge in [-0.1, -0.05) is 6.92 Å². The molecule has 0 saturated carbocycles. The summed E-state index contributed by atoms with van der Waals surface area (Å²) in [7, 11) is 1.85. The highest BCUT2D eigenvalue weighted by Crippen LogP contribution is 2.36. The Labute approximate surface area is 188 Å². The average Bonchev–Trinajstić information content (AvgIpc) is 3.44. The van der Waals surface area contributed by atoms with Crippen molar-refractivity contribution in [3.63, 3.8) is 0 Å². The fourth-order valence-electron chi connectivity index (χ4n) is 3.98. The van der Waals surface area contributed by atoms with Gasteiger partial charge in [0.25, 0.3) is 0 Å². The van der Waals surface area contributed by atoms with Crippen LogP contribution in [0.3, 0.4) is 0 Å². The molecular weight excluding hydrogens is 423 g/mol. The monoisotopic (exact) mass is 444 g/mol. The molecule has 9 nitrogen and oxygen atoms in total. The number of H-pyrrole nitrogens is 1. The molecule has 0 aliphatic carbocycles. The topological polar surface area (TPSA) is 131 Å². The Bertz CT molecular complexity index is 1480. The maximum absolute atomic E-state index is 14.5. The van der Waals surface area contributed by atoms with Gasteiger partial charge < -0.3 is 15.8 Å². The molecule has 5 rings (SSSR count). The van der Waals surface area contributed by atoms with Gasteiger partial charge >= 0.3 is 0 Å². The van der Waals surface area contributed by atoms with Gasteiger partial charge in [0.05, 0.1) is 23.8 Å². The maximum atomic E-state index is 14.5. The number of nitrogens with one attached hydrogen (secondary N) is 1. The molecule has 0 aliphatic rings. The van der Waals surface area contributed by atoms with Gasteiger partial charge in [-0.25, -0.2) is 19.3 Å². The summed E-state index contributed by atoms with van der Waals surface area (Å²) >= 11 is 0. The predicted octanol–water partition coefficient (Wildman–Crippen LogP) is 3.18. The second-order valence-electron chi connectivity index (χ2n) is 7.79. The summed E-state index contributed by atoms with van der Waals surface area (Å²) in [6.07, 6.45) is 9.86. The van der Waals surface area contributed by atoms with Crippen LogP contribution in [-0.2, 0) is 12.6 Å². The minimum Gasteiger partial charge on any atom is -0.379 e. The smallest absolute Gasteiger partial charge is 0.220 e. The van der Waals surface area contributed by atoms with Crippen LogP contribution in [0.1, 0.15) is 24.6 Å². The van der Waals surface area contributed by atoms with Crippen LogP contribution in [0, 0.1) is 5.82 Å². The molecule has 0 unspecified atom stereocenters. The average molecular weight is 444 g/mol. The van der Waals surface area contributed by atoms with E-state index in [1.165, 1.54) is 12.3 Å². The van der Waals surface area contributed by atoms with Gasteiger partial charge in [-0.3, -0.25) is 9.67 Å². The van der Waals surface area contributed by atoms with Gasteiger partial charge in [-0.2, -0.15) is 5.10 Å². The molecule has 0 aliphatic heterocycles. The van der Waals surface area contributed by atoms with E-state index in [0.29, 0.717) is 11.3 Å². The van der Waals surface area contributed by atoms with Crippen molar-refractivity contribution < 1.29 is 9.50 Å². The third-order valence-corrected chi connectivity index (χ3v) is 5.74. The first kappa shape index (κ1) is 20.7. The van der Waals surface area contributed by atoms with E-state index in [4.69, 9.17) is 5.73 Å². The second-order valence-corrected chi connectivity index (χ2v) is 7.79. The van der Waals surface area contributed by atoms with E-state index in [2.05, 4.69) is 30.0 Å². The van der Waals surface area contributed by atoms with Gasteiger partial charge in [0.2, 0.25) is 5.95 Å². The molecule has 10 heteroatoms. The Morgan fingerprint density at radius 1 is 1.18 bits per heavy atom. The van der Waals surface area contributed by atoms with Crippen LogP contribution in [0.15, 0.2) is 55.4 Å². The predicted molar refractivity (Wildman–Crippen MR) is 121 cm³/mol. The molecule has 33 heavy (non-hydrogen) atoms. The number of aromatic amines is 1. The lowest BCUT2D eigenvalue weighted by Gasteiger charge is -2.27. The molecule has 0 radical (unpaired) electrons. The zero-order valence-corrected chi connectivity index (χ0v) is 18.0. The van der Waals surface area contributed by atoms with E-state index >= 15 is 0 Å². The van der Waals surface area contributed by atoms with Crippen molar-refractivity contribution in [2.24, 2.45) is 7.05 Å². The Morgan fingerprint density at radius 3 is 2.76 bits per heavy atom. The standard InChI is InChI=1S/C23H21FN8O/c1-3-23(33,17-4-5-26-11-18(17)24)20-7-19(30-22(25)31-20)16-10-28-21-15(16)6-13(8-27-21)14-9-29-32(2)12-14/h4-12,33H,3H2,1-2H3,(H,27,28)(H2,25,30,31)/t23-/m1/s1. The van der Waals surface area contributed by atoms with E-state index < -0.39 is 11.4 Å². The molecule has 0 saturated heterocycles. The van der Waals surface area contributed by atoms with Crippen LogP contribution in [0.25, 0.3) is 33.4 Å². The van der Waals surface area contributed by atoms with Gasteiger partial charge in [-0.05, 0) is 24.6 Å². The number of aryl methyl sites for hydroxylation is 1. The molecule has 5 heterocycles. The summed E-state index contributed by atoms with van der Waals surface area (Å²) in [6.45, 7) is 1.74. The van der Waals surface area contributed by atoms with Crippen LogP contribution in [0.4, 0.5) is 10.3 Å². The highest BCUT2D eigenvalue weighted by atomic mass is 19.1. The van der Waals surface area contributed by atoms with Crippen molar-refractivity contribution in [1.82, 2.24) is 34.7 Å². The molecule has 5 aromatic rings. The van der Waals surface area contributed by atoms with Gasteiger partial charge in [0.15, 0.2) is 0 Å². The van der Waals surface area contributed by atoms with Crippen LogP contribution in [-0.4, -0.2) is 39.8 Å². The molecule has 0 bridgehead atoms. The first-order chi connectivity index (χ1) is 15.9. The number of hydrogen-bond acceptors (Lipinski definition) is 7. The Hall–Kier alpha value is -4.18. The number of aliphatic hydroxyl groups is 1. The summed E-state index contributed by atoms with van der Waals surface area (Å²) in [5.74, 6) is -0.660. The molecule has 0 spiro atoms. The highest BCUT2D eigenvalue weighted by molar-refractivity contribution is 5.95. The lowest BCUT2D eigenvalue weighted by Crippen LogP contribution is -2.29. The summed E-state index contributed by atoms with van der Waals surface area (Å²) in [5, 5.41) is 16.5. The lowest BCUT2D eigenvalue weighted by atomic mass is 9.87. The fraction of sp³-hybridized carbons (Fsp3) is 0.174. The molecule has 0 aromatic carbocycles. The molecule has 166 valence electrons. The minimum absolute atomic E-state index is 0.0328. The summed E-state index contributed by atoms with van der Waals surface area (Å²) < 4.78 is 16.3. The number of halogens is 1. The zero-order valence-electron chi connectivity index (χ0n) is 18.0. The van der Waals surface area contributed by atoms with Crippen molar-refractivity contribution in [2.75, 3.05) is 5.73 Å². The van der Waals surface area contributed by atoms with Crippen LogP contribution < -0.4 is 5.73 Å². The maximum Gasteiger partial charge on any atom is 0.220 e. The molecule has 5 aromatic heterocycles. The summed E-state index contributed by atoms with van der Waals surface area (Å²) in [4.78, 5) is 20.0. The third-order valence-electron chi connectivity index (χ3n) is 5.74. The van der Waals surface area contributed by atoms with Gasteiger partial charge in [0, 0.05) is 59.5 Å². The molecular formula is C23H21FN8O. The second kappa shape index (κ2) is 7.75. The normalized spacial score (nSPS) is 13.3. The van der Waals surface area contributed by atoms with Crippen molar-refractivity contribution in [3.8, 4) is 22.4 Å². The fourth-order valence-corrected chi connectivity index (χ4v) is 3.98. The number of fused-ring (bicyclic) bond motifs is 1. The van der Waals surface area contributed by atoms with E-state index in [0.717, 1.165) is 28.3 Å². The van der Waals surface area contributed by atoms with E-state index in [-0.39, 0.29) is 23.6 Å². The first-order valence-electron chi connectivity index (χ1n) is 10.3. The largest absolute Gasteiger partial charge is 0.379 e. The van der Waals surface area contributed by atoms with E-state index in [1.807, 2.05) is 19.3 Å². The Morgan fingerprint density at radius 2 is 2.03 bits per heavy atom. The number of anilines is 1. The van der Waals surface area contributed by atoms with Crippen molar-refractivity contribution in [2.45, 2.75) is 18.9 Å². The van der Waals surface area contributed by atoms with Crippen LogP contribution in [0.2, 0.25) is 0 Å². The number of nitrogen functional groups attached to an aromatic ring is 1. The number of nitrogens with zero attached hydrogens (tertiary/aromatic N) is 6. The number of hydrogen-bond donors (Lipinski definition) is 3. The number of nitrogens with two attached hydrogens (primary N) is 1. The van der Waals surface area contributed by atoms with E-state index in [1.54, 1.807) is 36.3 Å². The van der Waals surface area contributed by atoms with Crippen molar-refractivity contribution >= 4 is 17.0 Å². The zero-order chi connectivity index (χ0) is 23.2. The minimum atomic E-state index is -1.70. The van der Waals surface area contributed by atoms with Crippen LogP contribution >= 0.6 is 0 Å². The third kappa shape index (κ3) is 3.50. The summed E-state index contributed by atoms with van der Waals surface area (Å²) in [6, 6.07) is 5.05. The van der Waals surface area contributed by atoms with Crippen molar-refractivity contribution in [3.05, 3.63) is 72.5 Å². The number of rotatable bonds is 5. The first-order valence-corrected chi connectivity index (χ1v) is 10.3. The van der Waals surface area contributed by atoms with Gasteiger partial charge in [0.1, 0.15) is 17.1 Å². The Kier molecular flexibility index (Phi) is 4.86. The highest BCUT2D eigenvalue weighted by Gasteiger charge is 2.35. The molecule has 1 atom stereocenters. The SMILES string of the molecule is CC[C@](O)(c1cc(-c2c[nH]c3ncc(-c4cnn(C)c4)cc23)nc(N)n1)c1ccncc1F. The number of aromatic nitrogens is 7. The number of pyridine rings is 2. The van der Waals surface area contributed by atoms with Crippen molar-refractivity contribution in [1.29, 1.82) is 0 Å². The van der Waals surface area contributed by atoms with Gasteiger partial charge in [-0.15, -0.1) is 0 Å². The van der Waals surface area contributed by atoms with Crippen LogP contribution in [0.5, 0.6) is 0 Å². The molecule has 4 N–H and O–H groups in total. The Balaban J connectivity index is 1.66.